The minimum Gasteiger partial charge on any atom is -0.301 e. The molecular weight excluding hydrogens is 202 g/mol. The summed E-state index contributed by atoms with van der Waals surface area (Å²) >= 11 is 1.89. The number of nitrogens with zero attached hydrogens (tertiary/aromatic N) is 1. The van der Waals surface area contributed by atoms with Crippen LogP contribution in [0.25, 0.3) is 0 Å². The van der Waals surface area contributed by atoms with Crippen molar-refractivity contribution < 1.29 is 0 Å². The van der Waals surface area contributed by atoms with Crippen molar-refractivity contribution in [1.82, 2.24) is 0 Å². The minimum atomic E-state index is 0.892. The topological polar surface area (TPSA) is 12.4 Å². The summed E-state index contributed by atoms with van der Waals surface area (Å²) in [5, 5.41) is 0. The molecule has 0 aromatic carbocycles. The third-order valence-corrected chi connectivity index (χ3v) is 3.18. The molecule has 0 heterocycles. The van der Waals surface area contributed by atoms with E-state index < -0.39 is 0 Å². The van der Waals surface area contributed by atoms with Gasteiger partial charge in [-0.15, -0.1) is 18.3 Å². The summed E-state index contributed by atoms with van der Waals surface area (Å²) in [7, 11) is 0. The molecule has 15 heavy (non-hydrogen) atoms. The molecule has 0 unspecified atom stereocenters. The highest BCUT2D eigenvalue weighted by Crippen LogP contribution is 2.21. The highest BCUT2D eigenvalue weighted by Gasteiger charge is 1.96. The van der Waals surface area contributed by atoms with E-state index in [-0.39, 0.29) is 0 Å². The number of thioether (sulfide) groups is 1. The lowest BCUT2D eigenvalue weighted by Gasteiger charge is -2.04. The fourth-order valence-electron chi connectivity index (χ4n) is 1.20. The second-order valence-corrected chi connectivity index (χ2v) is 5.13. The zero-order chi connectivity index (χ0) is 11.5. The van der Waals surface area contributed by atoms with Crippen LogP contribution >= 0.6 is 11.8 Å². The Kier molecular flexibility index (Phi) is 9.70. The maximum Gasteiger partial charge on any atom is 0.0382 e. The quantitative estimate of drug-likeness (QED) is 0.304. The predicted molar refractivity (Wildman–Crippen MR) is 73.9 cm³/mol. The number of aliphatic imine (C=N–C) groups is 1. The molecule has 0 saturated carbocycles. The molecule has 0 aliphatic heterocycles. The van der Waals surface area contributed by atoms with Crippen LogP contribution in [0.5, 0.6) is 0 Å². The van der Waals surface area contributed by atoms with Crippen LogP contribution in [-0.4, -0.2) is 19.0 Å². The van der Waals surface area contributed by atoms with Crippen LogP contribution in [-0.2, 0) is 0 Å². The molecule has 0 amide bonds. The van der Waals surface area contributed by atoms with Gasteiger partial charge in [-0.05, 0) is 56.4 Å². The molecule has 0 bridgehead atoms. The van der Waals surface area contributed by atoms with E-state index in [1.54, 1.807) is 0 Å². The Balaban J connectivity index is 3.25. The van der Waals surface area contributed by atoms with Crippen molar-refractivity contribution in [1.29, 1.82) is 0 Å². The molecule has 0 saturated heterocycles. The molecule has 1 nitrogen and oxygen atoms in total. The molecule has 2 heteroatoms. The molecule has 0 spiro atoms. The number of unbranched alkanes of at least 4 members (excludes halogenated alkanes) is 1. The molecule has 0 radical (unpaired) electrons. The molecular formula is C13H23NS. The summed E-state index contributed by atoms with van der Waals surface area (Å²) in [6.07, 6.45) is 5.80. The van der Waals surface area contributed by atoms with Crippen molar-refractivity contribution in [2.75, 3.05) is 12.3 Å². The van der Waals surface area contributed by atoms with Crippen LogP contribution in [0.1, 0.15) is 39.0 Å². The standard InChI is InChI=1S/C13H23NS/c1-12(2)8-7-9-13(3)15-11-6-5-10-14-4/h1,3-11H2,2H3. The number of hydrogen-bond donors (Lipinski definition) is 0. The fraction of sp³-hybridized carbons (Fsp3) is 0.615. The SMILES string of the molecule is C=NCCCCSC(=C)CCCC(=C)C. The summed E-state index contributed by atoms with van der Waals surface area (Å²) in [6.45, 7) is 14.4. The lowest BCUT2D eigenvalue weighted by atomic mass is 10.1. The van der Waals surface area contributed by atoms with E-state index in [2.05, 4.69) is 31.8 Å². The highest BCUT2D eigenvalue weighted by molar-refractivity contribution is 8.03. The van der Waals surface area contributed by atoms with Crippen molar-refractivity contribution in [2.45, 2.75) is 39.0 Å². The second-order valence-electron chi connectivity index (χ2n) is 3.85. The number of hydrogen-bond acceptors (Lipinski definition) is 2. The summed E-state index contributed by atoms with van der Waals surface area (Å²) in [5.74, 6) is 1.17. The van der Waals surface area contributed by atoms with Crippen LogP contribution in [0.15, 0.2) is 28.6 Å². The third-order valence-electron chi connectivity index (χ3n) is 2.08. The maximum atomic E-state index is 4.07. The summed E-state index contributed by atoms with van der Waals surface area (Å²) in [5.41, 5.74) is 1.27. The third kappa shape index (κ3) is 11.4. The van der Waals surface area contributed by atoms with E-state index in [9.17, 15) is 0 Å². The number of rotatable bonds is 10. The molecule has 0 fully saturated rings. The first kappa shape index (κ1) is 14.5. The van der Waals surface area contributed by atoms with Crippen molar-refractivity contribution >= 4 is 18.5 Å². The fourth-order valence-corrected chi connectivity index (χ4v) is 2.13. The van der Waals surface area contributed by atoms with Gasteiger partial charge >= 0.3 is 0 Å². The summed E-state index contributed by atoms with van der Waals surface area (Å²) < 4.78 is 0. The van der Waals surface area contributed by atoms with Gasteiger partial charge in [0.05, 0.1) is 0 Å². The smallest absolute Gasteiger partial charge is 0.0382 e. The van der Waals surface area contributed by atoms with Crippen molar-refractivity contribution in [3.63, 3.8) is 0 Å². The van der Waals surface area contributed by atoms with E-state index in [4.69, 9.17) is 0 Å². The summed E-state index contributed by atoms with van der Waals surface area (Å²) in [6, 6.07) is 0. The minimum absolute atomic E-state index is 0.892. The number of allylic oxidation sites excluding steroid dienone is 2. The van der Waals surface area contributed by atoms with Crippen LogP contribution < -0.4 is 0 Å². The van der Waals surface area contributed by atoms with Gasteiger partial charge in [-0.1, -0.05) is 12.2 Å². The van der Waals surface area contributed by atoms with Gasteiger partial charge in [-0.3, -0.25) is 0 Å². The highest BCUT2D eigenvalue weighted by atomic mass is 32.2. The first-order valence-electron chi connectivity index (χ1n) is 5.54. The van der Waals surface area contributed by atoms with E-state index >= 15 is 0 Å². The first-order valence-corrected chi connectivity index (χ1v) is 6.53. The van der Waals surface area contributed by atoms with Crippen LogP contribution in [0, 0.1) is 0 Å². The lowest BCUT2D eigenvalue weighted by Crippen LogP contribution is -1.86. The largest absolute Gasteiger partial charge is 0.301 e. The van der Waals surface area contributed by atoms with Gasteiger partial charge in [-0.2, -0.15) is 0 Å². The van der Waals surface area contributed by atoms with Gasteiger partial charge in [-0.25, -0.2) is 0 Å². The average Bonchev–Trinajstić information content (AvgIpc) is 2.17. The van der Waals surface area contributed by atoms with E-state index in [0.717, 1.165) is 25.8 Å². The van der Waals surface area contributed by atoms with Gasteiger partial charge in [0.1, 0.15) is 0 Å². The Morgan fingerprint density at radius 1 is 1.13 bits per heavy atom. The Bertz CT molecular complexity index is 209. The van der Waals surface area contributed by atoms with E-state index in [0.29, 0.717) is 0 Å². The Morgan fingerprint density at radius 3 is 2.47 bits per heavy atom. The van der Waals surface area contributed by atoms with E-state index in [1.807, 2.05) is 11.8 Å². The van der Waals surface area contributed by atoms with Gasteiger partial charge in [0.15, 0.2) is 0 Å². The van der Waals surface area contributed by atoms with Crippen LogP contribution in [0.2, 0.25) is 0 Å². The molecule has 0 aromatic rings. The average molecular weight is 225 g/mol. The Morgan fingerprint density at radius 2 is 1.87 bits per heavy atom. The molecule has 0 aliphatic rings. The molecule has 0 atom stereocenters. The lowest BCUT2D eigenvalue weighted by molar-refractivity contribution is 0.815. The second kappa shape index (κ2) is 10.0. The predicted octanol–water partition coefficient (Wildman–Crippen LogP) is 4.46. The zero-order valence-electron chi connectivity index (χ0n) is 9.93. The summed E-state index contributed by atoms with van der Waals surface area (Å²) in [4.78, 5) is 5.14. The Hall–Kier alpha value is -0.500. The zero-order valence-corrected chi connectivity index (χ0v) is 10.7. The first-order chi connectivity index (χ1) is 7.16. The van der Waals surface area contributed by atoms with Crippen LogP contribution in [0.4, 0.5) is 0 Å². The molecule has 0 rings (SSSR count). The van der Waals surface area contributed by atoms with Gasteiger partial charge in [0.2, 0.25) is 0 Å². The molecule has 0 aromatic heterocycles. The molecule has 0 aliphatic carbocycles. The van der Waals surface area contributed by atoms with Crippen molar-refractivity contribution in [3.8, 4) is 0 Å². The molecule has 0 N–H and O–H groups in total. The van der Waals surface area contributed by atoms with E-state index in [1.165, 1.54) is 29.1 Å². The van der Waals surface area contributed by atoms with Crippen molar-refractivity contribution in [3.05, 3.63) is 23.6 Å². The Labute approximate surface area is 98.8 Å². The van der Waals surface area contributed by atoms with Gasteiger partial charge < -0.3 is 4.99 Å². The van der Waals surface area contributed by atoms with Crippen LogP contribution in [0.3, 0.4) is 0 Å². The molecule has 86 valence electrons. The van der Waals surface area contributed by atoms with Gasteiger partial charge in [0.25, 0.3) is 0 Å². The maximum absolute atomic E-state index is 4.07. The van der Waals surface area contributed by atoms with Gasteiger partial charge in [0, 0.05) is 6.54 Å². The normalized spacial score (nSPS) is 9.93. The van der Waals surface area contributed by atoms with Crippen molar-refractivity contribution in [2.24, 2.45) is 4.99 Å². The monoisotopic (exact) mass is 225 g/mol.